The number of hydrogen-bond acceptors (Lipinski definition) is 5. The summed E-state index contributed by atoms with van der Waals surface area (Å²) in [5.74, 6) is -0.520. The van der Waals surface area contributed by atoms with E-state index in [1.165, 1.54) is 18.1 Å². The van der Waals surface area contributed by atoms with Crippen LogP contribution in [0, 0.1) is 0 Å². The van der Waals surface area contributed by atoms with Crippen LogP contribution >= 0.6 is 0 Å². The van der Waals surface area contributed by atoms with Crippen LogP contribution in [0.5, 0.6) is 5.75 Å². The third-order valence-corrected chi connectivity index (χ3v) is 3.75. The van der Waals surface area contributed by atoms with Crippen molar-refractivity contribution in [2.75, 3.05) is 24.8 Å². The number of hydrogen-bond donors (Lipinski definition) is 1. The summed E-state index contributed by atoms with van der Waals surface area (Å²) in [6, 6.07) is 11.5. The summed E-state index contributed by atoms with van der Waals surface area (Å²) in [6.07, 6.45) is -4.65. The van der Waals surface area contributed by atoms with E-state index < -0.39 is 12.0 Å². The molecule has 5 nitrogen and oxygen atoms in total. The molecule has 2 aromatic carbocycles. The Hall–Kier alpha value is -3.03. The van der Waals surface area contributed by atoms with E-state index >= 15 is 0 Å². The number of fused-ring (bicyclic) bond motifs is 1. The fraction of sp³-hybridized carbons (Fsp3) is 0.176. The summed E-state index contributed by atoms with van der Waals surface area (Å²) in [6.45, 7) is 0. The van der Waals surface area contributed by atoms with Gasteiger partial charge in [0.1, 0.15) is 11.6 Å². The Kier molecular flexibility index (Phi) is 4.12. The SMILES string of the molecule is COc1ccc(N(C)c2nc(C(F)(F)F)nc3ccccc23)c(N)c1. The normalized spacial score (nSPS) is 11.6. The van der Waals surface area contributed by atoms with Gasteiger partial charge in [-0.2, -0.15) is 13.2 Å². The van der Waals surface area contributed by atoms with E-state index in [-0.39, 0.29) is 11.3 Å². The van der Waals surface area contributed by atoms with Crippen molar-refractivity contribution in [3.8, 4) is 5.75 Å². The van der Waals surface area contributed by atoms with Crippen LogP contribution in [0.15, 0.2) is 42.5 Å². The van der Waals surface area contributed by atoms with Crippen molar-refractivity contribution in [2.24, 2.45) is 0 Å². The molecule has 0 spiro atoms. The summed E-state index contributed by atoms with van der Waals surface area (Å²) >= 11 is 0. The molecule has 0 atom stereocenters. The van der Waals surface area contributed by atoms with E-state index in [0.29, 0.717) is 22.5 Å². The third-order valence-electron chi connectivity index (χ3n) is 3.75. The zero-order chi connectivity index (χ0) is 18.2. The van der Waals surface area contributed by atoms with Gasteiger partial charge in [0.2, 0.25) is 5.82 Å². The number of benzene rings is 2. The van der Waals surface area contributed by atoms with Crippen LogP contribution in [-0.4, -0.2) is 24.1 Å². The number of halogens is 3. The van der Waals surface area contributed by atoms with Gasteiger partial charge < -0.3 is 15.4 Å². The average Bonchev–Trinajstić information content (AvgIpc) is 2.59. The second kappa shape index (κ2) is 6.12. The molecule has 3 rings (SSSR count). The van der Waals surface area contributed by atoms with E-state index in [1.807, 2.05) is 0 Å². The first-order valence-electron chi connectivity index (χ1n) is 7.32. The van der Waals surface area contributed by atoms with Crippen molar-refractivity contribution < 1.29 is 17.9 Å². The Morgan fingerprint density at radius 3 is 2.44 bits per heavy atom. The van der Waals surface area contributed by atoms with Crippen LogP contribution in [0.25, 0.3) is 10.9 Å². The Balaban J connectivity index is 2.20. The minimum absolute atomic E-state index is 0.120. The first-order chi connectivity index (χ1) is 11.8. The lowest BCUT2D eigenvalue weighted by molar-refractivity contribution is -0.144. The molecule has 0 fully saturated rings. The second-order valence-corrected chi connectivity index (χ2v) is 5.37. The molecule has 25 heavy (non-hydrogen) atoms. The summed E-state index contributed by atoms with van der Waals surface area (Å²) in [4.78, 5) is 8.86. The molecule has 8 heteroatoms. The number of methoxy groups -OCH3 is 1. The number of alkyl halides is 3. The highest BCUT2D eigenvalue weighted by atomic mass is 19.4. The lowest BCUT2D eigenvalue weighted by Gasteiger charge is -2.23. The Morgan fingerprint density at radius 2 is 1.80 bits per heavy atom. The van der Waals surface area contributed by atoms with E-state index in [9.17, 15) is 13.2 Å². The fourth-order valence-electron chi connectivity index (χ4n) is 2.52. The van der Waals surface area contributed by atoms with Crippen LogP contribution in [0.4, 0.5) is 30.4 Å². The van der Waals surface area contributed by atoms with Crippen molar-refractivity contribution in [1.82, 2.24) is 9.97 Å². The van der Waals surface area contributed by atoms with E-state index in [4.69, 9.17) is 10.5 Å². The predicted octanol–water partition coefficient (Wildman–Crippen LogP) is 4.01. The molecule has 0 unspecified atom stereocenters. The molecule has 2 N–H and O–H groups in total. The first kappa shape index (κ1) is 16.8. The Bertz CT molecular complexity index is 927. The van der Waals surface area contributed by atoms with Crippen LogP contribution < -0.4 is 15.4 Å². The maximum Gasteiger partial charge on any atom is 0.451 e. The molecule has 0 aliphatic heterocycles. The van der Waals surface area contributed by atoms with E-state index in [2.05, 4.69) is 9.97 Å². The fourth-order valence-corrected chi connectivity index (χ4v) is 2.52. The monoisotopic (exact) mass is 348 g/mol. The van der Waals surface area contributed by atoms with Gasteiger partial charge in [-0.05, 0) is 24.3 Å². The zero-order valence-corrected chi connectivity index (χ0v) is 13.5. The number of anilines is 3. The predicted molar refractivity (Wildman–Crippen MR) is 90.0 cm³/mol. The highest BCUT2D eigenvalue weighted by molar-refractivity contribution is 5.92. The number of nitrogen functional groups attached to an aromatic ring is 1. The Labute approximate surface area is 141 Å². The molecule has 130 valence electrons. The number of rotatable bonds is 3. The molecule has 0 bridgehead atoms. The van der Waals surface area contributed by atoms with Crippen molar-refractivity contribution in [3.05, 3.63) is 48.3 Å². The molecular formula is C17H15F3N4O. The number of nitrogens with two attached hydrogens (primary N) is 1. The number of ether oxygens (including phenoxy) is 1. The van der Waals surface area contributed by atoms with Gasteiger partial charge in [-0.1, -0.05) is 12.1 Å². The van der Waals surface area contributed by atoms with Gasteiger partial charge in [-0.25, -0.2) is 9.97 Å². The molecular weight excluding hydrogens is 333 g/mol. The molecule has 0 aliphatic rings. The minimum Gasteiger partial charge on any atom is -0.497 e. The maximum atomic E-state index is 13.2. The summed E-state index contributed by atoms with van der Waals surface area (Å²) in [5, 5.41) is 0.494. The van der Waals surface area contributed by atoms with E-state index in [1.54, 1.807) is 43.4 Å². The largest absolute Gasteiger partial charge is 0.497 e. The van der Waals surface area contributed by atoms with Crippen molar-refractivity contribution in [2.45, 2.75) is 6.18 Å². The van der Waals surface area contributed by atoms with Gasteiger partial charge >= 0.3 is 6.18 Å². The summed E-state index contributed by atoms with van der Waals surface area (Å²) < 4.78 is 44.6. The van der Waals surface area contributed by atoms with Gasteiger partial charge in [0.25, 0.3) is 0 Å². The number of aromatic nitrogens is 2. The van der Waals surface area contributed by atoms with Gasteiger partial charge in [0, 0.05) is 18.5 Å². The zero-order valence-electron chi connectivity index (χ0n) is 13.5. The topological polar surface area (TPSA) is 64.3 Å². The number of para-hydroxylation sites is 1. The number of nitrogens with zero attached hydrogens (tertiary/aromatic N) is 3. The maximum absolute atomic E-state index is 13.2. The van der Waals surface area contributed by atoms with Crippen LogP contribution in [0.3, 0.4) is 0 Å². The highest BCUT2D eigenvalue weighted by Gasteiger charge is 2.36. The molecule has 1 aromatic heterocycles. The average molecular weight is 348 g/mol. The second-order valence-electron chi connectivity index (χ2n) is 5.37. The third kappa shape index (κ3) is 3.15. The van der Waals surface area contributed by atoms with Crippen molar-refractivity contribution in [3.63, 3.8) is 0 Å². The molecule has 0 saturated heterocycles. The van der Waals surface area contributed by atoms with Crippen molar-refractivity contribution in [1.29, 1.82) is 0 Å². The van der Waals surface area contributed by atoms with Gasteiger partial charge in [0.05, 0.1) is 24.0 Å². The highest BCUT2D eigenvalue weighted by Crippen LogP contribution is 2.36. The molecule has 0 saturated carbocycles. The van der Waals surface area contributed by atoms with Crippen LogP contribution in [0.1, 0.15) is 5.82 Å². The van der Waals surface area contributed by atoms with Gasteiger partial charge in [-0.3, -0.25) is 0 Å². The quantitative estimate of drug-likeness (QED) is 0.725. The van der Waals surface area contributed by atoms with Gasteiger partial charge in [0.15, 0.2) is 0 Å². The molecule has 0 aliphatic carbocycles. The smallest absolute Gasteiger partial charge is 0.451 e. The van der Waals surface area contributed by atoms with Crippen molar-refractivity contribution >= 4 is 28.1 Å². The van der Waals surface area contributed by atoms with Crippen LogP contribution in [-0.2, 0) is 6.18 Å². The molecule has 1 heterocycles. The molecule has 0 amide bonds. The lowest BCUT2D eigenvalue weighted by Crippen LogP contribution is -2.18. The lowest BCUT2D eigenvalue weighted by atomic mass is 10.2. The minimum atomic E-state index is -4.65. The first-order valence-corrected chi connectivity index (χ1v) is 7.32. The Morgan fingerprint density at radius 1 is 1.08 bits per heavy atom. The summed E-state index contributed by atoms with van der Waals surface area (Å²) in [5.41, 5.74) is 7.09. The van der Waals surface area contributed by atoms with E-state index in [0.717, 1.165) is 0 Å². The molecule has 3 aromatic rings. The summed E-state index contributed by atoms with van der Waals surface area (Å²) in [7, 11) is 3.11. The van der Waals surface area contributed by atoms with Gasteiger partial charge in [-0.15, -0.1) is 0 Å². The molecule has 0 radical (unpaired) electrons. The van der Waals surface area contributed by atoms with Crippen LogP contribution in [0.2, 0.25) is 0 Å². The standard InChI is InChI=1S/C17H15F3N4O/c1-24(14-8-7-10(25-2)9-12(14)21)15-11-5-3-4-6-13(11)22-16(23-15)17(18,19)20/h3-9H,21H2,1-2H3.